The molecule has 7 nitrogen and oxygen atoms in total. The van der Waals surface area contributed by atoms with Crippen LogP contribution in [-0.4, -0.2) is 54.2 Å². The zero-order chi connectivity index (χ0) is 28.5. The first-order valence-electron chi connectivity index (χ1n) is 13.3. The lowest BCUT2D eigenvalue weighted by molar-refractivity contribution is 0.0746. The maximum absolute atomic E-state index is 13.9. The monoisotopic (exact) mass is 585 g/mol. The van der Waals surface area contributed by atoms with Crippen molar-refractivity contribution in [3.8, 4) is 5.75 Å². The molecule has 4 aromatic rings. The molecule has 1 atom stereocenters. The van der Waals surface area contributed by atoms with Crippen molar-refractivity contribution in [2.75, 3.05) is 43.1 Å². The van der Waals surface area contributed by atoms with Gasteiger partial charge in [0.25, 0.3) is 11.8 Å². The molecule has 2 aliphatic rings. The Kier molecular flexibility index (Phi) is 7.51. The fourth-order valence-corrected chi connectivity index (χ4v) is 6.74. The minimum absolute atomic E-state index is 0.117. The van der Waals surface area contributed by atoms with E-state index in [1.807, 2.05) is 41.3 Å². The van der Waals surface area contributed by atoms with Crippen LogP contribution >= 0.6 is 11.6 Å². The summed E-state index contributed by atoms with van der Waals surface area (Å²) < 4.78 is 19.0. The van der Waals surface area contributed by atoms with Crippen LogP contribution in [0.25, 0.3) is 0 Å². The van der Waals surface area contributed by atoms with Gasteiger partial charge in [0, 0.05) is 42.5 Å². The number of carbonyl (C=O) groups is 2. The molecule has 0 N–H and O–H groups in total. The molecule has 41 heavy (non-hydrogen) atoms. The fraction of sp³-hybridized carbons (Fsp3) is 0.188. The first kappa shape index (κ1) is 27.1. The smallest absolute Gasteiger partial charge is 0.259 e. The topological polar surface area (TPSA) is 70.2 Å². The second-order valence-corrected chi connectivity index (χ2v) is 11.8. The molecule has 1 saturated heterocycles. The summed E-state index contributed by atoms with van der Waals surface area (Å²) in [5.41, 5.74) is 3.27. The Morgan fingerprint density at radius 1 is 0.878 bits per heavy atom. The van der Waals surface area contributed by atoms with Gasteiger partial charge < -0.3 is 19.4 Å². The molecule has 9 heteroatoms. The highest BCUT2D eigenvalue weighted by Gasteiger charge is 2.32. The molecular weight excluding hydrogens is 558 g/mol. The van der Waals surface area contributed by atoms with Crippen molar-refractivity contribution in [3.05, 3.63) is 113 Å². The summed E-state index contributed by atoms with van der Waals surface area (Å²) in [7, 11) is 0.0547. The zero-order valence-electron chi connectivity index (χ0n) is 22.5. The van der Waals surface area contributed by atoms with Crippen LogP contribution in [0.3, 0.4) is 0 Å². The molecule has 0 spiro atoms. The molecule has 0 aliphatic carbocycles. The average molecular weight is 586 g/mol. The molecule has 1 fully saturated rings. The summed E-state index contributed by atoms with van der Waals surface area (Å²) >= 11 is 6.09. The number of nitrogens with zero attached hydrogens (tertiary/aromatic N) is 3. The zero-order valence-corrected chi connectivity index (χ0v) is 24.0. The summed E-state index contributed by atoms with van der Waals surface area (Å²) in [5.74, 6) is 0.423. The molecule has 208 valence electrons. The Morgan fingerprint density at radius 2 is 1.59 bits per heavy atom. The van der Waals surface area contributed by atoms with Gasteiger partial charge >= 0.3 is 0 Å². The lowest BCUT2D eigenvalue weighted by atomic mass is 10.1. The number of anilines is 2. The van der Waals surface area contributed by atoms with Gasteiger partial charge in [-0.15, -0.1) is 0 Å². The van der Waals surface area contributed by atoms with Crippen molar-refractivity contribution in [1.82, 2.24) is 4.90 Å². The van der Waals surface area contributed by atoms with Crippen molar-refractivity contribution in [3.63, 3.8) is 0 Å². The Bertz CT molecular complexity index is 1630. The molecule has 2 aliphatic heterocycles. The highest BCUT2D eigenvalue weighted by molar-refractivity contribution is 7.85. The van der Waals surface area contributed by atoms with Gasteiger partial charge in [0.05, 0.1) is 45.5 Å². The van der Waals surface area contributed by atoms with Gasteiger partial charge in [-0.05, 0) is 72.3 Å². The van der Waals surface area contributed by atoms with Crippen LogP contribution < -0.4 is 14.5 Å². The minimum Gasteiger partial charge on any atom is -0.497 e. The molecule has 4 aromatic carbocycles. The molecule has 2 heterocycles. The second-order valence-electron chi connectivity index (χ2n) is 9.94. The van der Waals surface area contributed by atoms with Crippen molar-refractivity contribution < 1.29 is 18.5 Å². The number of hydrogen-bond acceptors (Lipinski definition) is 5. The lowest BCUT2D eigenvalue weighted by Crippen LogP contribution is -2.48. The Hall–Kier alpha value is -4.14. The lowest BCUT2D eigenvalue weighted by Gasteiger charge is -2.36. The summed E-state index contributed by atoms with van der Waals surface area (Å²) in [6.07, 6.45) is 0. The SMILES string of the molecule is COc1ccc(N2CCN(C(=O)c3ccc4c(c3)N(Cc3ccc(Cl)cc3)C(=O)c3ccccc3[S@@]4=O)CC2)cc1. The van der Waals surface area contributed by atoms with Crippen molar-refractivity contribution >= 4 is 45.6 Å². The van der Waals surface area contributed by atoms with Gasteiger partial charge in [-0.3, -0.25) is 9.59 Å². The maximum Gasteiger partial charge on any atom is 0.259 e. The molecule has 0 unspecified atom stereocenters. The van der Waals surface area contributed by atoms with Gasteiger partial charge in [-0.2, -0.15) is 0 Å². The molecule has 0 aromatic heterocycles. The molecule has 0 bridgehead atoms. The van der Waals surface area contributed by atoms with Crippen LogP contribution in [0.4, 0.5) is 11.4 Å². The molecule has 6 rings (SSSR count). The third-order valence-electron chi connectivity index (χ3n) is 7.52. The number of ether oxygens (including phenoxy) is 1. The van der Waals surface area contributed by atoms with Crippen LogP contribution in [0, 0.1) is 0 Å². The van der Waals surface area contributed by atoms with Crippen molar-refractivity contribution in [2.24, 2.45) is 0 Å². The highest BCUT2D eigenvalue weighted by atomic mass is 35.5. The van der Waals surface area contributed by atoms with Crippen LogP contribution in [0.2, 0.25) is 5.02 Å². The van der Waals surface area contributed by atoms with E-state index in [2.05, 4.69) is 4.90 Å². The number of methoxy groups -OCH3 is 1. The molecule has 0 saturated carbocycles. The number of benzene rings is 4. The number of amides is 2. The van der Waals surface area contributed by atoms with E-state index in [1.54, 1.807) is 66.6 Å². The summed E-state index contributed by atoms with van der Waals surface area (Å²) in [5, 5.41) is 0.600. The second kappa shape index (κ2) is 11.4. The first-order chi connectivity index (χ1) is 19.9. The van der Waals surface area contributed by atoms with E-state index in [4.69, 9.17) is 16.3 Å². The first-order valence-corrected chi connectivity index (χ1v) is 14.8. The fourth-order valence-electron chi connectivity index (χ4n) is 5.27. The average Bonchev–Trinajstić information content (AvgIpc) is 3.11. The normalized spacial score (nSPS) is 16.6. The number of piperazine rings is 1. The minimum atomic E-state index is -1.59. The van der Waals surface area contributed by atoms with Gasteiger partial charge in [-0.1, -0.05) is 35.9 Å². The quantitative estimate of drug-likeness (QED) is 0.303. The van der Waals surface area contributed by atoms with Gasteiger partial charge in [0.2, 0.25) is 0 Å². The highest BCUT2D eigenvalue weighted by Crippen LogP contribution is 2.36. The number of halogens is 1. The van der Waals surface area contributed by atoms with E-state index in [0.29, 0.717) is 57.8 Å². The van der Waals surface area contributed by atoms with E-state index >= 15 is 0 Å². The van der Waals surface area contributed by atoms with E-state index in [0.717, 1.165) is 17.0 Å². The van der Waals surface area contributed by atoms with Crippen LogP contribution in [0.5, 0.6) is 5.75 Å². The Labute approximate surface area is 246 Å². The third-order valence-corrected chi connectivity index (χ3v) is 9.27. The number of fused-ring (bicyclic) bond motifs is 2. The molecule has 2 amide bonds. The summed E-state index contributed by atoms with van der Waals surface area (Å²) in [6, 6.07) is 27.3. The summed E-state index contributed by atoms with van der Waals surface area (Å²) in [4.78, 5) is 34.2. The predicted octanol–water partition coefficient (Wildman–Crippen LogP) is 5.64. The Balaban J connectivity index is 1.29. The molecule has 0 radical (unpaired) electrons. The standard InChI is InChI=1S/C32H28ClN3O4S/c1-40-26-13-11-25(12-14-26)34-16-18-35(19-17-34)31(37)23-8-15-30-28(20-23)36(21-22-6-9-24(33)10-7-22)32(38)27-4-2-3-5-29(27)41(30)39/h2-15,20H,16-19,21H2,1H3/t41-/m0/s1. The van der Waals surface area contributed by atoms with Crippen LogP contribution in [0.1, 0.15) is 26.3 Å². The molecular formula is C32H28ClN3O4S. The van der Waals surface area contributed by atoms with Crippen LogP contribution in [0.15, 0.2) is 101 Å². The van der Waals surface area contributed by atoms with Gasteiger partial charge in [0.1, 0.15) is 5.75 Å². The van der Waals surface area contributed by atoms with Gasteiger partial charge in [0.15, 0.2) is 0 Å². The van der Waals surface area contributed by atoms with Crippen LogP contribution in [-0.2, 0) is 17.3 Å². The predicted molar refractivity (Wildman–Crippen MR) is 161 cm³/mol. The Morgan fingerprint density at radius 3 is 2.29 bits per heavy atom. The van der Waals surface area contributed by atoms with E-state index < -0.39 is 10.8 Å². The maximum atomic E-state index is 13.9. The number of rotatable bonds is 5. The van der Waals surface area contributed by atoms with Crippen molar-refractivity contribution in [1.29, 1.82) is 0 Å². The van der Waals surface area contributed by atoms with Gasteiger partial charge in [-0.25, -0.2) is 4.21 Å². The third kappa shape index (κ3) is 5.33. The summed E-state index contributed by atoms with van der Waals surface area (Å²) in [6.45, 7) is 2.76. The largest absolute Gasteiger partial charge is 0.497 e. The van der Waals surface area contributed by atoms with Crippen molar-refractivity contribution in [2.45, 2.75) is 16.3 Å². The van der Waals surface area contributed by atoms with E-state index in [1.165, 1.54) is 0 Å². The van der Waals surface area contributed by atoms with E-state index in [-0.39, 0.29) is 18.4 Å². The van der Waals surface area contributed by atoms with E-state index in [9.17, 15) is 13.8 Å². The number of carbonyl (C=O) groups excluding carboxylic acids is 2. The number of hydrogen-bond donors (Lipinski definition) is 0.